The third-order valence-electron chi connectivity index (χ3n) is 5.95. The van der Waals surface area contributed by atoms with Crippen molar-refractivity contribution in [3.63, 3.8) is 0 Å². The van der Waals surface area contributed by atoms with Crippen molar-refractivity contribution in [2.75, 3.05) is 51.6 Å². The number of sulfonamides is 1. The minimum absolute atomic E-state index is 0.00676. The summed E-state index contributed by atoms with van der Waals surface area (Å²) in [5.74, 6) is -0.222. The van der Waals surface area contributed by atoms with Gasteiger partial charge in [-0.15, -0.1) is 0 Å². The van der Waals surface area contributed by atoms with E-state index in [1.807, 2.05) is 30.3 Å². The number of rotatable bonds is 7. The van der Waals surface area contributed by atoms with Crippen LogP contribution in [0, 0.1) is 5.92 Å². The van der Waals surface area contributed by atoms with Crippen molar-refractivity contribution < 1.29 is 22.7 Å². The van der Waals surface area contributed by atoms with Gasteiger partial charge >= 0.3 is 6.09 Å². The molecule has 0 radical (unpaired) electrons. The number of piperazine rings is 1. The second-order valence-corrected chi connectivity index (χ2v) is 10.2. The molecule has 0 aromatic heterocycles. The highest BCUT2D eigenvalue weighted by molar-refractivity contribution is 7.89. The molecule has 2 heterocycles. The first-order valence-electron chi connectivity index (χ1n) is 11.1. The predicted molar refractivity (Wildman–Crippen MR) is 118 cm³/mol. The van der Waals surface area contributed by atoms with Crippen molar-refractivity contribution in [3.05, 3.63) is 35.9 Å². The van der Waals surface area contributed by atoms with Crippen LogP contribution in [0.4, 0.5) is 4.79 Å². The van der Waals surface area contributed by atoms with Gasteiger partial charge in [-0.05, 0) is 38.2 Å². The average molecular weight is 452 g/mol. The van der Waals surface area contributed by atoms with Crippen molar-refractivity contribution >= 4 is 22.0 Å². The summed E-state index contributed by atoms with van der Waals surface area (Å²) in [7, 11) is -3.38. The smallest absolute Gasteiger partial charge is 0.409 e. The van der Waals surface area contributed by atoms with E-state index in [0.29, 0.717) is 58.6 Å². The number of hydrogen-bond acceptors (Lipinski definition) is 5. The molecule has 0 unspecified atom stereocenters. The van der Waals surface area contributed by atoms with Gasteiger partial charge in [-0.2, -0.15) is 0 Å². The van der Waals surface area contributed by atoms with Gasteiger partial charge < -0.3 is 14.5 Å². The first kappa shape index (κ1) is 23.5. The van der Waals surface area contributed by atoms with Crippen molar-refractivity contribution in [2.45, 2.75) is 32.6 Å². The molecule has 2 aliphatic heterocycles. The number of piperidine rings is 1. The molecule has 0 aliphatic carbocycles. The van der Waals surface area contributed by atoms with Gasteiger partial charge in [0, 0.05) is 39.3 Å². The maximum absolute atomic E-state index is 13.0. The zero-order valence-corrected chi connectivity index (χ0v) is 19.1. The molecule has 0 spiro atoms. The molecule has 3 rings (SSSR count). The average Bonchev–Trinajstić information content (AvgIpc) is 2.79. The zero-order chi connectivity index (χ0) is 22.3. The maximum Gasteiger partial charge on any atom is 0.409 e. The molecule has 1 atom stereocenters. The monoisotopic (exact) mass is 451 g/mol. The lowest BCUT2D eigenvalue weighted by Crippen LogP contribution is -2.54. The standard InChI is InChI=1S/C22H33N3O5S/c1-2-30-22(27)24-15-13-23(14-16-24)21(26)20-11-6-12-25(18-20)31(28,29)17-7-10-19-8-4-3-5-9-19/h3-5,8-9,20H,2,6-7,10-18H2,1H3/t20-/m0/s1. The summed E-state index contributed by atoms with van der Waals surface area (Å²) in [5, 5.41) is 0. The second kappa shape index (κ2) is 10.9. The van der Waals surface area contributed by atoms with E-state index in [2.05, 4.69) is 0 Å². The molecule has 0 saturated carbocycles. The fourth-order valence-corrected chi connectivity index (χ4v) is 5.79. The molecule has 8 nitrogen and oxygen atoms in total. The van der Waals surface area contributed by atoms with E-state index in [9.17, 15) is 18.0 Å². The third kappa shape index (κ3) is 6.43. The van der Waals surface area contributed by atoms with Gasteiger partial charge in [-0.3, -0.25) is 4.79 Å². The Balaban J connectivity index is 1.49. The van der Waals surface area contributed by atoms with Crippen LogP contribution in [0.1, 0.15) is 31.7 Å². The minimum Gasteiger partial charge on any atom is -0.450 e. The van der Waals surface area contributed by atoms with Crippen LogP contribution in [-0.4, -0.2) is 86.2 Å². The molecule has 2 aliphatic rings. The molecule has 31 heavy (non-hydrogen) atoms. The largest absolute Gasteiger partial charge is 0.450 e. The lowest BCUT2D eigenvalue weighted by atomic mass is 9.98. The Bertz CT molecular complexity index is 838. The van der Waals surface area contributed by atoms with E-state index in [1.165, 1.54) is 4.31 Å². The van der Waals surface area contributed by atoms with Crippen molar-refractivity contribution in [1.29, 1.82) is 0 Å². The highest BCUT2D eigenvalue weighted by atomic mass is 32.2. The molecule has 2 saturated heterocycles. The third-order valence-corrected chi connectivity index (χ3v) is 7.88. The Morgan fingerprint density at radius 3 is 2.39 bits per heavy atom. The van der Waals surface area contributed by atoms with Crippen LogP contribution in [0.5, 0.6) is 0 Å². The number of aryl methyl sites for hydroxylation is 1. The van der Waals surface area contributed by atoms with Gasteiger partial charge in [-0.1, -0.05) is 30.3 Å². The van der Waals surface area contributed by atoms with Gasteiger partial charge in [0.1, 0.15) is 0 Å². The second-order valence-electron chi connectivity index (χ2n) is 8.11. The summed E-state index contributed by atoms with van der Waals surface area (Å²) < 4.78 is 32.2. The van der Waals surface area contributed by atoms with E-state index in [1.54, 1.807) is 16.7 Å². The van der Waals surface area contributed by atoms with Crippen LogP contribution in [-0.2, 0) is 26.0 Å². The lowest BCUT2D eigenvalue weighted by Gasteiger charge is -2.38. The highest BCUT2D eigenvalue weighted by Crippen LogP contribution is 2.23. The van der Waals surface area contributed by atoms with Crippen molar-refractivity contribution in [1.82, 2.24) is 14.1 Å². The quantitative estimate of drug-likeness (QED) is 0.633. The molecule has 1 aromatic carbocycles. The normalized spacial score (nSPS) is 20.5. The summed E-state index contributed by atoms with van der Waals surface area (Å²) in [6.07, 6.45) is 2.34. The summed E-state index contributed by atoms with van der Waals surface area (Å²) in [4.78, 5) is 28.2. The predicted octanol–water partition coefficient (Wildman–Crippen LogP) is 1.96. The Kier molecular flexibility index (Phi) is 8.31. The van der Waals surface area contributed by atoms with Gasteiger partial charge in [0.05, 0.1) is 18.3 Å². The van der Waals surface area contributed by atoms with Gasteiger partial charge in [0.2, 0.25) is 15.9 Å². The summed E-state index contributed by atoms with van der Waals surface area (Å²) >= 11 is 0. The molecule has 2 fully saturated rings. The summed E-state index contributed by atoms with van der Waals surface area (Å²) in [5.41, 5.74) is 1.13. The number of nitrogens with zero attached hydrogens (tertiary/aromatic N) is 3. The number of carbonyl (C=O) groups excluding carboxylic acids is 2. The minimum atomic E-state index is -3.38. The van der Waals surface area contributed by atoms with E-state index in [-0.39, 0.29) is 30.2 Å². The zero-order valence-electron chi connectivity index (χ0n) is 18.2. The van der Waals surface area contributed by atoms with Gasteiger partial charge in [0.25, 0.3) is 0 Å². The Hall–Kier alpha value is -2.13. The SMILES string of the molecule is CCOC(=O)N1CCN(C(=O)[C@H]2CCCN(S(=O)(=O)CCCc3ccccc3)C2)CC1. The van der Waals surface area contributed by atoms with Crippen LogP contribution in [0.2, 0.25) is 0 Å². The molecule has 0 bridgehead atoms. The highest BCUT2D eigenvalue weighted by Gasteiger charge is 2.35. The Morgan fingerprint density at radius 1 is 1.03 bits per heavy atom. The number of ether oxygens (including phenoxy) is 1. The van der Waals surface area contributed by atoms with E-state index in [4.69, 9.17) is 4.74 Å². The van der Waals surface area contributed by atoms with Crippen LogP contribution >= 0.6 is 0 Å². The molecule has 9 heteroatoms. The van der Waals surface area contributed by atoms with Gasteiger partial charge in [-0.25, -0.2) is 17.5 Å². The Morgan fingerprint density at radius 2 is 1.71 bits per heavy atom. The number of hydrogen-bond donors (Lipinski definition) is 0. The molecule has 2 amide bonds. The summed E-state index contributed by atoms with van der Waals surface area (Å²) in [6, 6.07) is 9.87. The first-order valence-corrected chi connectivity index (χ1v) is 12.7. The van der Waals surface area contributed by atoms with Crippen molar-refractivity contribution in [3.8, 4) is 0 Å². The fraction of sp³-hybridized carbons (Fsp3) is 0.636. The summed E-state index contributed by atoms with van der Waals surface area (Å²) in [6.45, 7) is 4.63. The molecule has 0 N–H and O–H groups in total. The van der Waals surface area contributed by atoms with Crippen LogP contribution in [0.25, 0.3) is 0 Å². The molecular formula is C22H33N3O5S. The Labute approximate surface area is 185 Å². The van der Waals surface area contributed by atoms with E-state index in [0.717, 1.165) is 12.0 Å². The van der Waals surface area contributed by atoms with Crippen LogP contribution in [0.15, 0.2) is 30.3 Å². The van der Waals surface area contributed by atoms with Crippen LogP contribution < -0.4 is 0 Å². The fourth-order valence-electron chi connectivity index (χ4n) is 4.21. The first-order chi connectivity index (χ1) is 14.9. The van der Waals surface area contributed by atoms with Gasteiger partial charge in [0.15, 0.2) is 0 Å². The number of carbonyl (C=O) groups is 2. The maximum atomic E-state index is 13.0. The number of benzene rings is 1. The van der Waals surface area contributed by atoms with E-state index >= 15 is 0 Å². The van der Waals surface area contributed by atoms with E-state index < -0.39 is 10.0 Å². The molecular weight excluding hydrogens is 418 g/mol. The van der Waals surface area contributed by atoms with Crippen molar-refractivity contribution in [2.24, 2.45) is 5.92 Å². The lowest BCUT2D eigenvalue weighted by molar-refractivity contribution is -0.138. The topological polar surface area (TPSA) is 87.2 Å². The van der Waals surface area contributed by atoms with Crippen LogP contribution in [0.3, 0.4) is 0 Å². The molecule has 1 aromatic rings. The number of amides is 2. The molecule has 172 valence electrons.